The molecule has 3 nitrogen and oxygen atoms in total. The summed E-state index contributed by atoms with van der Waals surface area (Å²) in [4.78, 5) is 18.6. The van der Waals surface area contributed by atoms with E-state index in [1.54, 1.807) is 49.3 Å². The fraction of sp³-hybridized carbons (Fsp3) is 0.125. The fourth-order valence-electron chi connectivity index (χ4n) is 1.74. The second-order valence-corrected chi connectivity index (χ2v) is 4.94. The van der Waals surface area contributed by atoms with Gasteiger partial charge in [0.15, 0.2) is 5.84 Å². The summed E-state index contributed by atoms with van der Waals surface area (Å²) in [6.45, 7) is 0. The van der Waals surface area contributed by atoms with Crippen molar-refractivity contribution in [1.29, 1.82) is 0 Å². The third kappa shape index (κ3) is 3.45. The largest absolute Gasteiger partial charge is 0.359 e. The molecule has 0 radical (unpaired) electrons. The van der Waals surface area contributed by atoms with Crippen LogP contribution in [0, 0.1) is 0 Å². The molecular formula is C16H15ClN2O. The Morgan fingerprint density at radius 3 is 2.35 bits per heavy atom. The average Bonchev–Trinajstić information content (AvgIpc) is 2.45. The lowest BCUT2D eigenvalue weighted by Crippen LogP contribution is -2.30. The number of benzene rings is 2. The van der Waals surface area contributed by atoms with Crippen LogP contribution in [-0.4, -0.2) is 30.6 Å². The van der Waals surface area contributed by atoms with Crippen molar-refractivity contribution in [3.05, 3.63) is 65.2 Å². The molecule has 0 spiro atoms. The van der Waals surface area contributed by atoms with E-state index in [4.69, 9.17) is 11.6 Å². The number of aliphatic imine (C=N–C) groups is 1. The quantitative estimate of drug-likeness (QED) is 0.488. The lowest BCUT2D eigenvalue weighted by atomic mass is 10.1. The van der Waals surface area contributed by atoms with Gasteiger partial charge < -0.3 is 4.90 Å². The molecule has 0 aliphatic rings. The molecule has 0 N–H and O–H groups in total. The van der Waals surface area contributed by atoms with Crippen LogP contribution >= 0.6 is 11.6 Å². The molecule has 0 aromatic heterocycles. The summed E-state index contributed by atoms with van der Waals surface area (Å²) >= 11 is 5.94. The molecule has 2 aromatic rings. The number of Topliss-reactive ketones (excluding diaryl/α,β-unsaturated/α-hetero) is 1. The first-order valence-electron chi connectivity index (χ1n) is 6.19. The summed E-state index contributed by atoms with van der Waals surface area (Å²) in [5.41, 5.74) is 1.27. The lowest BCUT2D eigenvalue weighted by Gasteiger charge is -2.14. The molecule has 0 unspecified atom stereocenters. The smallest absolute Gasteiger partial charge is 0.228 e. The second-order valence-electron chi connectivity index (χ2n) is 4.50. The number of carbonyl (C=O) groups excluding carboxylic acids is 1. The van der Waals surface area contributed by atoms with Crippen molar-refractivity contribution >= 4 is 28.9 Å². The number of amidine groups is 1. The lowest BCUT2D eigenvalue weighted by molar-refractivity contribution is 0.105. The van der Waals surface area contributed by atoms with Gasteiger partial charge >= 0.3 is 0 Å². The van der Waals surface area contributed by atoms with Gasteiger partial charge in [-0.15, -0.1) is 0 Å². The predicted molar refractivity (Wildman–Crippen MR) is 83.0 cm³/mol. The third-order valence-electron chi connectivity index (χ3n) is 2.71. The molecule has 0 amide bonds. The Balaban J connectivity index is 2.39. The molecule has 0 bridgehead atoms. The number of rotatable bonds is 3. The molecule has 2 aromatic carbocycles. The van der Waals surface area contributed by atoms with Crippen LogP contribution in [0.2, 0.25) is 5.02 Å². The zero-order valence-corrected chi connectivity index (χ0v) is 12.1. The van der Waals surface area contributed by atoms with Gasteiger partial charge in [0.25, 0.3) is 0 Å². The molecule has 0 atom stereocenters. The normalized spacial score (nSPS) is 11.2. The van der Waals surface area contributed by atoms with E-state index in [1.165, 1.54) is 0 Å². The van der Waals surface area contributed by atoms with Crippen LogP contribution in [-0.2, 0) is 0 Å². The van der Waals surface area contributed by atoms with E-state index in [-0.39, 0.29) is 5.78 Å². The molecule has 0 aliphatic carbocycles. The highest BCUT2D eigenvalue weighted by atomic mass is 35.5. The first-order valence-corrected chi connectivity index (χ1v) is 6.57. The van der Waals surface area contributed by atoms with Crippen LogP contribution in [0.15, 0.2) is 59.6 Å². The van der Waals surface area contributed by atoms with Crippen molar-refractivity contribution in [3.63, 3.8) is 0 Å². The minimum Gasteiger partial charge on any atom is -0.359 e. The third-order valence-corrected chi connectivity index (χ3v) is 2.94. The molecule has 0 heterocycles. The minimum atomic E-state index is -0.115. The van der Waals surface area contributed by atoms with Crippen LogP contribution in [0.4, 0.5) is 5.69 Å². The number of nitrogens with zero attached hydrogens (tertiary/aromatic N) is 2. The molecule has 0 aliphatic heterocycles. The molecular weight excluding hydrogens is 272 g/mol. The van der Waals surface area contributed by atoms with Crippen molar-refractivity contribution in [2.75, 3.05) is 14.1 Å². The Morgan fingerprint density at radius 1 is 1.05 bits per heavy atom. The van der Waals surface area contributed by atoms with Crippen LogP contribution in [0.3, 0.4) is 0 Å². The van der Waals surface area contributed by atoms with Crippen LogP contribution < -0.4 is 0 Å². The van der Waals surface area contributed by atoms with Crippen molar-refractivity contribution in [2.24, 2.45) is 4.99 Å². The van der Waals surface area contributed by atoms with Gasteiger partial charge in [-0.05, 0) is 18.2 Å². The number of likely N-dealkylation sites (N-methyl/N-ethyl adjacent to an activating group) is 1. The van der Waals surface area contributed by atoms with E-state index in [0.717, 1.165) is 0 Å². The van der Waals surface area contributed by atoms with E-state index in [0.29, 0.717) is 22.1 Å². The van der Waals surface area contributed by atoms with Crippen molar-refractivity contribution in [2.45, 2.75) is 0 Å². The van der Waals surface area contributed by atoms with Crippen LogP contribution in [0.5, 0.6) is 0 Å². The van der Waals surface area contributed by atoms with Gasteiger partial charge in [0.2, 0.25) is 5.78 Å². The van der Waals surface area contributed by atoms with Gasteiger partial charge in [0.05, 0.1) is 5.69 Å². The maximum atomic E-state index is 12.5. The van der Waals surface area contributed by atoms with Crippen molar-refractivity contribution in [1.82, 2.24) is 4.90 Å². The zero-order valence-electron chi connectivity index (χ0n) is 11.4. The van der Waals surface area contributed by atoms with E-state index in [2.05, 4.69) is 4.99 Å². The fourth-order valence-corrected chi connectivity index (χ4v) is 1.92. The van der Waals surface area contributed by atoms with Gasteiger partial charge in [-0.1, -0.05) is 48.0 Å². The molecule has 0 saturated heterocycles. The summed E-state index contributed by atoms with van der Waals surface area (Å²) in [5, 5.41) is 0.594. The summed E-state index contributed by atoms with van der Waals surface area (Å²) < 4.78 is 0. The Morgan fingerprint density at radius 2 is 1.75 bits per heavy atom. The van der Waals surface area contributed by atoms with E-state index >= 15 is 0 Å². The van der Waals surface area contributed by atoms with Gasteiger partial charge in [0.1, 0.15) is 0 Å². The van der Waals surface area contributed by atoms with Gasteiger partial charge in [-0.2, -0.15) is 0 Å². The first kappa shape index (κ1) is 14.3. The highest BCUT2D eigenvalue weighted by Gasteiger charge is 2.15. The summed E-state index contributed by atoms with van der Waals surface area (Å²) in [6.07, 6.45) is 0. The summed E-state index contributed by atoms with van der Waals surface area (Å²) in [5.74, 6) is 0.258. The average molecular weight is 287 g/mol. The maximum absolute atomic E-state index is 12.5. The van der Waals surface area contributed by atoms with E-state index < -0.39 is 0 Å². The minimum absolute atomic E-state index is 0.115. The molecule has 102 valence electrons. The predicted octanol–water partition coefficient (Wildman–Crippen LogP) is 3.81. The maximum Gasteiger partial charge on any atom is 0.228 e. The number of hydrogen-bond acceptors (Lipinski definition) is 2. The summed E-state index contributed by atoms with van der Waals surface area (Å²) in [6, 6.07) is 16.2. The van der Waals surface area contributed by atoms with Gasteiger partial charge in [-0.25, -0.2) is 4.99 Å². The highest BCUT2D eigenvalue weighted by molar-refractivity contribution is 6.45. The Kier molecular flexibility index (Phi) is 4.53. The topological polar surface area (TPSA) is 32.7 Å². The SMILES string of the molecule is CN(C)C(=Nc1cccc(Cl)c1)C(=O)c1ccccc1. The molecule has 0 saturated carbocycles. The van der Waals surface area contributed by atoms with Crippen molar-refractivity contribution < 1.29 is 4.79 Å². The van der Waals surface area contributed by atoms with E-state index in [9.17, 15) is 4.79 Å². The monoisotopic (exact) mass is 286 g/mol. The van der Waals surface area contributed by atoms with Crippen molar-refractivity contribution in [3.8, 4) is 0 Å². The first-order chi connectivity index (χ1) is 9.58. The van der Waals surface area contributed by atoms with Gasteiger partial charge in [0, 0.05) is 24.7 Å². The highest BCUT2D eigenvalue weighted by Crippen LogP contribution is 2.19. The molecule has 20 heavy (non-hydrogen) atoms. The van der Waals surface area contributed by atoms with E-state index in [1.807, 2.05) is 24.3 Å². The Bertz CT molecular complexity index is 636. The Labute approximate surface area is 123 Å². The van der Waals surface area contributed by atoms with Gasteiger partial charge in [-0.3, -0.25) is 4.79 Å². The van der Waals surface area contributed by atoms with Crippen LogP contribution in [0.25, 0.3) is 0 Å². The number of carbonyl (C=O) groups is 1. The molecule has 4 heteroatoms. The standard InChI is InChI=1S/C16H15ClN2O/c1-19(2)16(15(20)12-7-4-3-5-8-12)18-14-10-6-9-13(17)11-14/h3-11H,1-2H3. The number of halogens is 1. The second kappa shape index (κ2) is 6.35. The number of ketones is 1. The Hall–Kier alpha value is -2.13. The zero-order chi connectivity index (χ0) is 14.5. The van der Waals surface area contributed by atoms with Crippen LogP contribution in [0.1, 0.15) is 10.4 Å². The molecule has 2 rings (SSSR count). The summed E-state index contributed by atoms with van der Waals surface area (Å²) in [7, 11) is 3.59. The number of hydrogen-bond donors (Lipinski definition) is 0. The molecule has 0 fully saturated rings.